The van der Waals surface area contributed by atoms with Crippen LogP contribution in [-0.4, -0.2) is 74.0 Å². The number of aliphatic hydroxyl groups is 2. The topological polar surface area (TPSA) is 114 Å². The number of cyclic esters (lactones) is 1. The first-order chi connectivity index (χ1) is 17.5. The first-order valence-corrected chi connectivity index (χ1v) is 15.3. The number of fused-ring (bicyclic) bond motifs is 2. The van der Waals surface area contributed by atoms with Crippen molar-refractivity contribution < 1.29 is 29.3 Å². The Bertz CT molecular complexity index is 1110. The van der Waals surface area contributed by atoms with Crippen LogP contribution in [0.25, 0.3) is 6.08 Å². The number of epoxide rings is 1. The van der Waals surface area contributed by atoms with Crippen molar-refractivity contribution in [1.82, 2.24) is 9.55 Å². The highest BCUT2D eigenvalue weighted by atomic mass is 32.2. The number of thioether (sulfide) groups is 2. The molecule has 37 heavy (non-hydrogen) atoms. The van der Waals surface area contributed by atoms with Gasteiger partial charge in [-0.1, -0.05) is 24.8 Å². The van der Waals surface area contributed by atoms with Crippen LogP contribution in [0.4, 0.5) is 0 Å². The quantitative estimate of drug-likeness (QED) is 0.328. The summed E-state index contributed by atoms with van der Waals surface area (Å²) in [6.45, 7) is 5.68. The molecule has 0 radical (unpaired) electrons. The lowest BCUT2D eigenvalue weighted by Gasteiger charge is -2.32. The van der Waals surface area contributed by atoms with Crippen molar-refractivity contribution in [1.29, 1.82) is 0 Å². The van der Waals surface area contributed by atoms with Gasteiger partial charge in [0.1, 0.15) is 11.1 Å². The van der Waals surface area contributed by atoms with E-state index in [2.05, 4.69) is 6.92 Å². The normalized spacial score (nSPS) is 35.4. The molecule has 0 amide bonds. The van der Waals surface area contributed by atoms with E-state index in [9.17, 15) is 19.8 Å². The second kappa shape index (κ2) is 11.3. The third-order valence-corrected chi connectivity index (χ3v) is 9.58. The number of carbonyl (C=O) groups is 2. The summed E-state index contributed by atoms with van der Waals surface area (Å²) in [7, 11) is 1.98. The van der Waals surface area contributed by atoms with Gasteiger partial charge in [-0.05, 0) is 57.3 Å². The van der Waals surface area contributed by atoms with E-state index in [4.69, 9.17) is 14.5 Å². The van der Waals surface area contributed by atoms with Crippen molar-refractivity contribution in [3.05, 3.63) is 22.9 Å². The number of imidazole rings is 1. The molecule has 0 spiro atoms. The highest BCUT2D eigenvalue weighted by molar-refractivity contribution is 7.99. The van der Waals surface area contributed by atoms with Gasteiger partial charge in [-0.3, -0.25) is 9.59 Å². The van der Waals surface area contributed by atoms with Crippen molar-refractivity contribution in [2.45, 2.75) is 93.1 Å². The van der Waals surface area contributed by atoms with Crippen LogP contribution in [0.5, 0.6) is 0 Å². The van der Waals surface area contributed by atoms with E-state index in [1.807, 2.05) is 37.1 Å². The van der Waals surface area contributed by atoms with E-state index < -0.39 is 30.2 Å². The van der Waals surface area contributed by atoms with Crippen molar-refractivity contribution in [2.75, 3.05) is 12.5 Å². The maximum Gasteiger partial charge on any atom is 0.309 e. The van der Waals surface area contributed by atoms with E-state index in [0.717, 1.165) is 34.3 Å². The van der Waals surface area contributed by atoms with Crippen LogP contribution in [0.2, 0.25) is 0 Å². The molecule has 0 aromatic carbocycles. The minimum atomic E-state index is -1.27. The van der Waals surface area contributed by atoms with Gasteiger partial charge in [0.25, 0.3) is 0 Å². The summed E-state index contributed by atoms with van der Waals surface area (Å²) in [5.41, 5.74) is 1.56. The number of hydrogen-bond acceptors (Lipinski definition) is 9. The number of rotatable bonds is 4. The second-order valence-electron chi connectivity index (χ2n) is 10.6. The fourth-order valence-electron chi connectivity index (χ4n) is 5.53. The summed E-state index contributed by atoms with van der Waals surface area (Å²) in [6, 6.07) is 0. The maximum absolute atomic E-state index is 13.0. The summed E-state index contributed by atoms with van der Waals surface area (Å²) < 4.78 is 14.1. The zero-order chi connectivity index (χ0) is 27.1. The second-order valence-corrected chi connectivity index (χ2v) is 12.2. The smallest absolute Gasteiger partial charge is 0.309 e. The van der Waals surface area contributed by atoms with Gasteiger partial charge in [0, 0.05) is 30.9 Å². The third-order valence-electron chi connectivity index (χ3n) is 7.98. The van der Waals surface area contributed by atoms with E-state index in [1.54, 1.807) is 36.5 Å². The molecule has 2 bridgehead atoms. The van der Waals surface area contributed by atoms with E-state index >= 15 is 0 Å². The number of carbonyl (C=O) groups excluding carboxylic acids is 2. The Morgan fingerprint density at radius 1 is 1.27 bits per heavy atom. The predicted molar refractivity (Wildman–Crippen MR) is 144 cm³/mol. The predicted octanol–water partition coefficient (Wildman–Crippen LogP) is 3.78. The van der Waals surface area contributed by atoms with Gasteiger partial charge in [-0.2, -0.15) is 0 Å². The molecule has 8 nitrogen and oxygen atoms in total. The highest BCUT2D eigenvalue weighted by Crippen LogP contribution is 2.45. The van der Waals surface area contributed by atoms with E-state index in [0.29, 0.717) is 12.8 Å². The summed E-state index contributed by atoms with van der Waals surface area (Å²) in [5.74, 6) is -1.77. The Kier molecular flexibility index (Phi) is 8.65. The van der Waals surface area contributed by atoms with Crippen molar-refractivity contribution in [2.24, 2.45) is 18.9 Å². The van der Waals surface area contributed by atoms with Gasteiger partial charge in [-0.15, -0.1) is 11.8 Å². The fourth-order valence-corrected chi connectivity index (χ4v) is 6.82. The summed E-state index contributed by atoms with van der Waals surface area (Å²) >= 11 is 3.18. The average Bonchev–Trinajstić information content (AvgIpc) is 3.38. The molecular weight excluding hydrogens is 512 g/mol. The van der Waals surface area contributed by atoms with Crippen LogP contribution in [-0.2, 0) is 26.1 Å². The molecule has 1 aliphatic carbocycles. The van der Waals surface area contributed by atoms with Crippen LogP contribution < -0.4 is 0 Å². The number of esters is 1. The van der Waals surface area contributed by atoms with Gasteiger partial charge in [0.2, 0.25) is 0 Å². The van der Waals surface area contributed by atoms with Crippen LogP contribution in [0.15, 0.2) is 27.4 Å². The molecule has 4 rings (SSSR count). The highest BCUT2D eigenvalue weighted by Gasteiger charge is 2.53. The fraction of sp³-hybridized carbons (Fsp3) is 0.667. The monoisotopic (exact) mass is 550 g/mol. The molecule has 204 valence electrons. The lowest BCUT2D eigenvalue weighted by molar-refractivity contribution is -0.149. The Balaban J connectivity index is 1.62. The number of nitrogens with zero attached hydrogens (tertiary/aromatic N) is 2. The SMILES string of the molecule is CSc1nc(/C=C(\C)[C@@H]2C[C@@H]3O[C@]3(C)CCC[C@@H]3C=C(C(=O)[C@H](C)[C@H]3O)[C@@H](O)CC(=O)O2)c(SC)n1C. The van der Waals surface area contributed by atoms with Crippen LogP contribution in [0.1, 0.15) is 58.6 Å². The molecule has 3 aliphatic rings. The number of aliphatic hydroxyl groups excluding tert-OH is 2. The molecule has 1 saturated heterocycles. The lowest BCUT2D eigenvalue weighted by atomic mass is 9.75. The van der Waals surface area contributed by atoms with E-state index in [-0.39, 0.29) is 35.4 Å². The Morgan fingerprint density at radius 2 is 2.00 bits per heavy atom. The summed E-state index contributed by atoms with van der Waals surface area (Å²) in [4.78, 5) is 30.6. The van der Waals surface area contributed by atoms with Gasteiger partial charge < -0.3 is 24.3 Å². The molecule has 2 aliphatic heterocycles. The van der Waals surface area contributed by atoms with Crippen molar-refractivity contribution >= 4 is 41.4 Å². The van der Waals surface area contributed by atoms with E-state index in [1.165, 1.54) is 0 Å². The van der Waals surface area contributed by atoms with Crippen LogP contribution >= 0.6 is 23.5 Å². The lowest BCUT2D eigenvalue weighted by Crippen LogP contribution is -2.40. The van der Waals surface area contributed by atoms with Crippen LogP contribution in [0.3, 0.4) is 0 Å². The molecule has 0 saturated carbocycles. The molecule has 7 atom stereocenters. The molecule has 2 N–H and O–H groups in total. The van der Waals surface area contributed by atoms with Gasteiger partial charge in [0.15, 0.2) is 10.9 Å². The first-order valence-electron chi connectivity index (χ1n) is 12.8. The number of hydrogen-bond donors (Lipinski definition) is 2. The number of aromatic nitrogens is 2. The number of Topliss-reactive ketones (excluding diaryl/α,β-unsaturated/α-hetero) is 1. The molecule has 1 fully saturated rings. The molecule has 10 heteroatoms. The Labute approximate surface area is 227 Å². The zero-order valence-electron chi connectivity index (χ0n) is 22.4. The maximum atomic E-state index is 13.0. The van der Waals surface area contributed by atoms with Crippen molar-refractivity contribution in [3.63, 3.8) is 0 Å². The summed E-state index contributed by atoms with van der Waals surface area (Å²) in [5, 5.41) is 23.4. The number of ether oxygens (including phenoxy) is 2. The zero-order valence-corrected chi connectivity index (χ0v) is 24.0. The molecule has 3 heterocycles. The largest absolute Gasteiger partial charge is 0.458 e. The minimum absolute atomic E-state index is 0.0603. The molecular formula is C27H38N2O6S2. The summed E-state index contributed by atoms with van der Waals surface area (Å²) in [6.07, 6.45) is 7.42. The van der Waals surface area contributed by atoms with Crippen LogP contribution in [0, 0.1) is 11.8 Å². The number of ketones is 1. The Hall–Kier alpha value is -1.59. The van der Waals surface area contributed by atoms with Gasteiger partial charge >= 0.3 is 5.97 Å². The molecule has 1 aromatic rings. The van der Waals surface area contributed by atoms with Gasteiger partial charge in [0.05, 0.1) is 36.0 Å². The van der Waals surface area contributed by atoms with Crippen molar-refractivity contribution in [3.8, 4) is 0 Å². The third kappa shape index (κ3) is 5.88. The first kappa shape index (κ1) is 28.4. The van der Waals surface area contributed by atoms with Gasteiger partial charge in [-0.25, -0.2) is 4.98 Å². The average molecular weight is 551 g/mol. The standard InChI is InChI=1S/C27H38N2O6S2/c1-14(10-18-25(36-5)29(4)26(28-18)37-6)20-13-21-27(3,35-21)9-7-8-16-11-17(19(30)12-22(31)34-20)24(33)15(2)23(16)32/h10-11,15-16,19-21,23,30,32H,7-9,12-13H2,1-6H3/b14-10+/t15-,16-,19+,20+,21+,23-,27-/m1/s1. The Morgan fingerprint density at radius 3 is 2.68 bits per heavy atom. The molecule has 1 aromatic heterocycles. The molecule has 0 unspecified atom stereocenters. The minimum Gasteiger partial charge on any atom is -0.458 e.